The average molecular weight is 221 g/mol. The quantitative estimate of drug-likeness (QED) is 0.626. The topological polar surface area (TPSA) is 42.1 Å². The molecule has 80 valence electrons. The first-order chi connectivity index (χ1) is 7.09. The monoisotopic (exact) mass is 221 g/mol. The molecule has 4 heteroatoms. The predicted octanol–water partition coefficient (Wildman–Crippen LogP) is 2.73. The molecule has 0 saturated carbocycles. The summed E-state index contributed by atoms with van der Waals surface area (Å²) in [6, 6.07) is 4.20. The number of rotatable bonds is 2. The van der Waals surface area contributed by atoms with Gasteiger partial charge in [0, 0.05) is 12.4 Å². The Labute approximate surface area is 93.5 Å². The maximum Gasteiger partial charge on any atom is 0.144 e. The summed E-state index contributed by atoms with van der Waals surface area (Å²) in [6.07, 6.45) is 0. The molecular formula is C11H15N3S. The molecule has 0 radical (unpaired) electrons. The van der Waals surface area contributed by atoms with Gasteiger partial charge in [-0.1, -0.05) is 13.8 Å². The lowest BCUT2D eigenvalue weighted by atomic mass is 10.0. The number of nitrogens with two attached hydrogens (primary N) is 1. The molecule has 0 fully saturated rings. The molecule has 2 heterocycles. The third kappa shape index (κ3) is 1.82. The van der Waals surface area contributed by atoms with Crippen molar-refractivity contribution in [2.45, 2.75) is 19.8 Å². The van der Waals surface area contributed by atoms with Crippen molar-refractivity contribution in [2.24, 2.45) is 5.84 Å². The van der Waals surface area contributed by atoms with Crippen LogP contribution in [0.2, 0.25) is 0 Å². The fourth-order valence-corrected chi connectivity index (χ4v) is 2.41. The lowest BCUT2D eigenvalue weighted by Gasteiger charge is -2.14. The van der Waals surface area contributed by atoms with Gasteiger partial charge in [-0.2, -0.15) is 0 Å². The van der Waals surface area contributed by atoms with Crippen molar-refractivity contribution in [1.82, 2.24) is 4.98 Å². The molecule has 0 spiro atoms. The smallest absolute Gasteiger partial charge is 0.144 e. The molecule has 2 rings (SSSR count). The Kier molecular flexibility index (Phi) is 2.63. The van der Waals surface area contributed by atoms with Gasteiger partial charge in [-0.25, -0.2) is 10.8 Å². The highest BCUT2D eigenvalue weighted by atomic mass is 32.1. The second-order valence-electron chi connectivity index (χ2n) is 3.97. The molecule has 0 saturated heterocycles. The fraction of sp³-hybridized carbons (Fsp3) is 0.364. The molecule has 0 aliphatic carbocycles. The molecule has 2 aromatic rings. The molecule has 0 atom stereocenters. The number of fused-ring (bicyclic) bond motifs is 1. The van der Waals surface area contributed by atoms with E-state index in [2.05, 4.69) is 36.3 Å². The molecule has 2 N–H and O–H groups in total. The minimum atomic E-state index is 0.490. The maximum absolute atomic E-state index is 5.72. The summed E-state index contributed by atoms with van der Waals surface area (Å²) in [5, 5.41) is 4.88. The summed E-state index contributed by atoms with van der Waals surface area (Å²) in [5.41, 5.74) is 1.31. The van der Waals surface area contributed by atoms with Crippen LogP contribution in [-0.4, -0.2) is 12.0 Å². The highest BCUT2D eigenvalue weighted by molar-refractivity contribution is 7.16. The Hall–Kier alpha value is -1.13. The molecule has 0 aliphatic rings. The van der Waals surface area contributed by atoms with Crippen LogP contribution in [0.3, 0.4) is 0 Å². The van der Waals surface area contributed by atoms with E-state index in [1.165, 1.54) is 10.9 Å². The van der Waals surface area contributed by atoms with E-state index in [1.54, 1.807) is 16.3 Å². The molecule has 0 aliphatic heterocycles. The van der Waals surface area contributed by atoms with Crippen molar-refractivity contribution >= 4 is 27.4 Å². The van der Waals surface area contributed by atoms with E-state index in [4.69, 9.17) is 5.84 Å². The Morgan fingerprint density at radius 1 is 1.47 bits per heavy atom. The first-order valence-corrected chi connectivity index (χ1v) is 5.84. The zero-order valence-electron chi connectivity index (χ0n) is 9.19. The summed E-state index contributed by atoms with van der Waals surface area (Å²) >= 11 is 1.66. The van der Waals surface area contributed by atoms with E-state index < -0.39 is 0 Å². The van der Waals surface area contributed by atoms with Gasteiger partial charge in [0.25, 0.3) is 0 Å². The first kappa shape index (κ1) is 10.4. The number of aromatic nitrogens is 1. The summed E-state index contributed by atoms with van der Waals surface area (Å²) < 4.78 is 0. The van der Waals surface area contributed by atoms with Gasteiger partial charge in [-0.3, -0.25) is 5.01 Å². The number of thiophene rings is 1. The highest BCUT2D eigenvalue weighted by Gasteiger charge is 2.10. The molecule has 15 heavy (non-hydrogen) atoms. The zero-order valence-corrected chi connectivity index (χ0v) is 10.0. The van der Waals surface area contributed by atoms with E-state index in [1.807, 2.05) is 7.05 Å². The minimum Gasteiger partial charge on any atom is -0.298 e. The van der Waals surface area contributed by atoms with Gasteiger partial charge in [0.05, 0.1) is 0 Å². The second-order valence-corrected chi connectivity index (χ2v) is 4.87. The zero-order chi connectivity index (χ0) is 11.0. The highest BCUT2D eigenvalue weighted by Crippen LogP contribution is 2.30. The van der Waals surface area contributed by atoms with E-state index in [-0.39, 0.29) is 0 Å². The van der Waals surface area contributed by atoms with Crippen molar-refractivity contribution in [3.8, 4) is 0 Å². The van der Waals surface area contributed by atoms with Crippen molar-refractivity contribution in [3.05, 3.63) is 23.1 Å². The molecule has 0 bridgehead atoms. The number of hydrogen-bond acceptors (Lipinski definition) is 4. The van der Waals surface area contributed by atoms with Crippen molar-refractivity contribution in [3.63, 3.8) is 0 Å². The summed E-state index contributed by atoms with van der Waals surface area (Å²) in [4.78, 5) is 5.56. The predicted molar refractivity (Wildman–Crippen MR) is 66.3 cm³/mol. The van der Waals surface area contributed by atoms with Gasteiger partial charge in [0.1, 0.15) is 10.6 Å². The van der Waals surface area contributed by atoms with E-state index in [9.17, 15) is 0 Å². The lowest BCUT2D eigenvalue weighted by molar-refractivity contribution is 0.870. The van der Waals surface area contributed by atoms with Crippen LogP contribution < -0.4 is 10.9 Å². The Morgan fingerprint density at radius 2 is 2.20 bits per heavy atom. The van der Waals surface area contributed by atoms with Crippen molar-refractivity contribution in [1.29, 1.82) is 0 Å². The third-order valence-corrected chi connectivity index (χ3v) is 3.25. The van der Waals surface area contributed by atoms with E-state index in [0.29, 0.717) is 5.92 Å². The standard InChI is InChI=1S/C11H15N3S/c1-7(2)9-6-10(14(3)12)13-11-8(9)4-5-15-11/h4-7H,12H2,1-3H3. The van der Waals surface area contributed by atoms with Gasteiger partial charge < -0.3 is 0 Å². The summed E-state index contributed by atoms with van der Waals surface area (Å²) in [7, 11) is 1.81. The van der Waals surface area contributed by atoms with Crippen LogP contribution in [0, 0.1) is 0 Å². The molecule has 0 aromatic carbocycles. The van der Waals surface area contributed by atoms with E-state index in [0.717, 1.165) is 10.6 Å². The van der Waals surface area contributed by atoms with Gasteiger partial charge >= 0.3 is 0 Å². The van der Waals surface area contributed by atoms with Crippen LogP contribution >= 0.6 is 11.3 Å². The Bertz CT molecular complexity index is 474. The fourth-order valence-electron chi connectivity index (χ4n) is 1.62. The third-order valence-electron chi connectivity index (χ3n) is 2.44. The second kappa shape index (κ2) is 3.79. The van der Waals surface area contributed by atoms with Crippen LogP contribution in [0.4, 0.5) is 5.82 Å². The largest absolute Gasteiger partial charge is 0.298 e. The lowest BCUT2D eigenvalue weighted by Crippen LogP contribution is -2.26. The Balaban J connectivity index is 2.69. The molecule has 3 nitrogen and oxygen atoms in total. The van der Waals surface area contributed by atoms with Crippen LogP contribution in [0.25, 0.3) is 10.2 Å². The molecule has 2 aromatic heterocycles. The van der Waals surface area contributed by atoms with Crippen molar-refractivity contribution < 1.29 is 0 Å². The van der Waals surface area contributed by atoms with Crippen LogP contribution in [0.5, 0.6) is 0 Å². The van der Waals surface area contributed by atoms with Gasteiger partial charge in [-0.15, -0.1) is 11.3 Å². The molecule has 0 amide bonds. The first-order valence-electron chi connectivity index (χ1n) is 4.96. The number of nitrogens with zero attached hydrogens (tertiary/aromatic N) is 2. The van der Waals surface area contributed by atoms with E-state index >= 15 is 0 Å². The molecular weight excluding hydrogens is 206 g/mol. The van der Waals surface area contributed by atoms with Crippen molar-refractivity contribution in [2.75, 3.05) is 12.1 Å². The number of anilines is 1. The average Bonchev–Trinajstić information content (AvgIpc) is 2.62. The number of hydrazine groups is 1. The van der Waals surface area contributed by atoms with Crippen LogP contribution in [-0.2, 0) is 0 Å². The normalized spacial score (nSPS) is 11.3. The maximum atomic E-state index is 5.72. The SMILES string of the molecule is CC(C)c1cc(N(C)N)nc2sccc12. The number of pyridine rings is 1. The van der Waals surface area contributed by atoms with Gasteiger partial charge in [-0.05, 0) is 29.0 Å². The van der Waals surface area contributed by atoms with Gasteiger partial charge in [0.15, 0.2) is 0 Å². The molecule has 0 unspecified atom stereocenters. The van der Waals surface area contributed by atoms with Crippen LogP contribution in [0.1, 0.15) is 25.3 Å². The summed E-state index contributed by atoms with van der Waals surface area (Å²) in [6.45, 7) is 4.37. The van der Waals surface area contributed by atoms with Gasteiger partial charge in [0.2, 0.25) is 0 Å². The number of hydrogen-bond donors (Lipinski definition) is 1. The minimum absolute atomic E-state index is 0.490. The van der Waals surface area contributed by atoms with Crippen LogP contribution in [0.15, 0.2) is 17.5 Å². The summed E-state index contributed by atoms with van der Waals surface area (Å²) in [5.74, 6) is 7.04. The Morgan fingerprint density at radius 3 is 2.80 bits per heavy atom.